The molecule has 128 valence electrons. The van der Waals surface area contributed by atoms with Crippen molar-refractivity contribution < 1.29 is 0 Å². The molecule has 0 bridgehead atoms. The van der Waals surface area contributed by atoms with Gasteiger partial charge < -0.3 is 4.90 Å². The monoisotopic (exact) mass is 332 g/mol. The third-order valence-electron chi connectivity index (χ3n) is 4.33. The highest BCUT2D eigenvalue weighted by atomic mass is 15.2. The molecule has 0 amide bonds. The van der Waals surface area contributed by atoms with E-state index in [2.05, 4.69) is 77.0 Å². The maximum Gasteiger partial charge on any atom is 0.132 e. The standard InChI is InChI=1S/C21H24N4/c1-5-25(6-2)21-12-20(23-16(4)24-21)19-11-18(13-22-14-19)17-9-7-15(3)8-10-17/h7-14H,5-6H2,1-4H3. The minimum absolute atomic E-state index is 0.778. The van der Waals surface area contributed by atoms with Gasteiger partial charge in [-0.15, -0.1) is 0 Å². The van der Waals surface area contributed by atoms with Crippen LogP contribution in [0.15, 0.2) is 48.8 Å². The maximum absolute atomic E-state index is 4.63. The van der Waals surface area contributed by atoms with Gasteiger partial charge in [-0.1, -0.05) is 29.8 Å². The number of aromatic nitrogens is 3. The number of rotatable bonds is 5. The number of hydrogen-bond acceptors (Lipinski definition) is 4. The fourth-order valence-corrected chi connectivity index (χ4v) is 2.89. The Bertz CT molecular complexity index is 852. The molecule has 0 aliphatic heterocycles. The molecular formula is C21H24N4. The van der Waals surface area contributed by atoms with Crippen molar-refractivity contribution in [3.63, 3.8) is 0 Å². The van der Waals surface area contributed by atoms with Crippen molar-refractivity contribution in [1.29, 1.82) is 0 Å². The third-order valence-corrected chi connectivity index (χ3v) is 4.33. The van der Waals surface area contributed by atoms with E-state index in [0.717, 1.165) is 47.1 Å². The highest BCUT2D eigenvalue weighted by Gasteiger charge is 2.10. The van der Waals surface area contributed by atoms with Crippen molar-refractivity contribution in [3.05, 3.63) is 60.2 Å². The molecule has 2 aromatic heterocycles. The fraction of sp³-hybridized carbons (Fsp3) is 0.286. The van der Waals surface area contributed by atoms with Crippen molar-refractivity contribution in [1.82, 2.24) is 15.0 Å². The average Bonchev–Trinajstić information content (AvgIpc) is 2.63. The first-order valence-corrected chi connectivity index (χ1v) is 8.73. The van der Waals surface area contributed by atoms with E-state index in [-0.39, 0.29) is 0 Å². The van der Waals surface area contributed by atoms with Crippen LogP contribution in [0.4, 0.5) is 5.82 Å². The molecule has 4 nitrogen and oxygen atoms in total. The fourth-order valence-electron chi connectivity index (χ4n) is 2.89. The summed E-state index contributed by atoms with van der Waals surface area (Å²) in [4.78, 5) is 15.9. The van der Waals surface area contributed by atoms with Crippen LogP contribution < -0.4 is 4.90 Å². The van der Waals surface area contributed by atoms with Crippen LogP contribution in [0.25, 0.3) is 22.4 Å². The first kappa shape index (κ1) is 17.1. The van der Waals surface area contributed by atoms with Crippen LogP contribution in [-0.2, 0) is 0 Å². The summed E-state index contributed by atoms with van der Waals surface area (Å²) in [6.07, 6.45) is 3.76. The summed E-state index contributed by atoms with van der Waals surface area (Å²) in [5.41, 5.74) is 5.43. The Balaban J connectivity index is 2.02. The van der Waals surface area contributed by atoms with Crippen molar-refractivity contribution >= 4 is 5.82 Å². The van der Waals surface area contributed by atoms with Crippen molar-refractivity contribution in [2.24, 2.45) is 0 Å². The zero-order valence-corrected chi connectivity index (χ0v) is 15.3. The van der Waals surface area contributed by atoms with Gasteiger partial charge in [-0.05, 0) is 39.3 Å². The van der Waals surface area contributed by atoms with E-state index in [9.17, 15) is 0 Å². The highest BCUT2D eigenvalue weighted by Crippen LogP contribution is 2.26. The zero-order chi connectivity index (χ0) is 17.8. The molecule has 0 aliphatic rings. The Kier molecular flexibility index (Phi) is 5.08. The van der Waals surface area contributed by atoms with Gasteiger partial charge in [0.2, 0.25) is 0 Å². The molecule has 0 radical (unpaired) electrons. The van der Waals surface area contributed by atoms with Gasteiger partial charge in [-0.25, -0.2) is 9.97 Å². The molecule has 1 aromatic carbocycles. The second kappa shape index (κ2) is 7.43. The predicted molar refractivity (Wildman–Crippen MR) is 104 cm³/mol. The minimum Gasteiger partial charge on any atom is -0.357 e. The summed E-state index contributed by atoms with van der Waals surface area (Å²) in [6, 6.07) is 12.7. The number of anilines is 1. The van der Waals surface area contributed by atoms with E-state index in [1.165, 1.54) is 5.56 Å². The average molecular weight is 332 g/mol. The van der Waals surface area contributed by atoms with Gasteiger partial charge in [0.05, 0.1) is 5.69 Å². The molecule has 4 heteroatoms. The Morgan fingerprint density at radius 3 is 2.16 bits per heavy atom. The number of aryl methyl sites for hydroxylation is 2. The molecule has 0 fully saturated rings. The van der Waals surface area contributed by atoms with Gasteiger partial charge in [0.1, 0.15) is 11.6 Å². The van der Waals surface area contributed by atoms with Crippen LogP contribution >= 0.6 is 0 Å². The molecular weight excluding hydrogens is 308 g/mol. The number of benzene rings is 1. The van der Waals surface area contributed by atoms with Crippen LogP contribution in [-0.4, -0.2) is 28.0 Å². The predicted octanol–water partition coefficient (Wildman–Crippen LogP) is 4.67. The normalized spacial score (nSPS) is 10.7. The molecule has 0 saturated carbocycles. The van der Waals surface area contributed by atoms with Crippen LogP contribution in [0.1, 0.15) is 25.2 Å². The quantitative estimate of drug-likeness (QED) is 0.681. The largest absolute Gasteiger partial charge is 0.357 e. The molecule has 0 aliphatic carbocycles. The van der Waals surface area contributed by atoms with E-state index in [4.69, 9.17) is 0 Å². The molecule has 2 heterocycles. The highest BCUT2D eigenvalue weighted by molar-refractivity contribution is 5.71. The van der Waals surface area contributed by atoms with Crippen LogP contribution in [0, 0.1) is 13.8 Å². The third kappa shape index (κ3) is 3.85. The Morgan fingerprint density at radius 1 is 0.800 bits per heavy atom. The molecule has 25 heavy (non-hydrogen) atoms. The summed E-state index contributed by atoms with van der Waals surface area (Å²) in [6.45, 7) is 10.2. The van der Waals surface area contributed by atoms with Gasteiger partial charge in [-0.2, -0.15) is 0 Å². The van der Waals surface area contributed by atoms with Gasteiger partial charge in [0.15, 0.2) is 0 Å². The van der Waals surface area contributed by atoms with E-state index in [1.807, 2.05) is 19.3 Å². The molecule has 0 N–H and O–H groups in total. The first-order valence-electron chi connectivity index (χ1n) is 8.73. The van der Waals surface area contributed by atoms with Gasteiger partial charge in [0.25, 0.3) is 0 Å². The van der Waals surface area contributed by atoms with Crippen molar-refractivity contribution in [2.75, 3.05) is 18.0 Å². The molecule has 0 atom stereocenters. The van der Waals surface area contributed by atoms with Crippen LogP contribution in [0.5, 0.6) is 0 Å². The SMILES string of the molecule is CCN(CC)c1cc(-c2cncc(-c3ccc(C)cc3)c2)nc(C)n1. The summed E-state index contributed by atoms with van der Waals surface area (Å²) < 4.78 is 0. The second-order valence-electron chi connectivity index (χ2n) is 6.16. The second-order valence-corrected chi connectivity index (χ2v) is 6.16. The lowest BCUT2D eigenvalue weighted by atomic mass is 10.0. The summed E-state index contributed by atoms with van der Waals surface area (Å²) in [5, 5.41) is 0. The smallest absolute Gasteiger partial charge is 0.132 e. The summed E-state index contributed by atoms with van der Waals surface area (Å²) in [5.74, 6) is 1.74. The molecule has 0 saturated heterocycles. The van der Waals surface area contributed by atoms with Crippen molar-refractivity contribution in [3.8, 4) is 22.4 Å². The van der Waals surface area contributed by atoms with Gasteiger partial charge in [0, 0.05) is 42.7 Å². The Morgan fingerprint density at radius 2 is 1.48 bits per heavy atom. The zero-order valence-electron chi connectivity index (χ0n) is 15.3. The van der Waals surface area contributed by atoms with Gasteiger partial charge >= 0.3 is 0 Å². The van der Waals surface area contributed by atoms with Crippen molar-refractivity contribution in [2.45, 2.75) is 27.7 Å². The van der Waals surface area contributed by atoms with Crippen LogP contribution in [0.2, 0.25) is 0 Å². The number of pyridine rings is 1. The van der Waals surface area contributed by atoms with E-state index in [0.29, 0.717) is 0 Å². The topological polar surface area (TPSA) is 41.9 Å². The maximum atomic E-state index is 4.63. The number of hydrogen-bond donors (Lipinski definition) is 0. The summed E-state index contributed by atoms with van der Waals surface area (Å²) >= 11 is 0. The molecule has 0 spiro atoms. The lowest BCUT2D eigenvalue weighted by Crippen LogP contribution is -2.23. The Hall–Kier alpha value is -2.75. The lowest BCUT2D eigenvalue weighted by Gasteiger charge is -2.20. The minimum atomic E-state index is 0.778. The van der Waals surface area contributed by atoms with E-state index in [1.54, 1.807) is 0 Å². The molecule has 3 aromatic rings. The molecule has 0 unspecified atom stereocenters. The lowest BCUT2D eigenvalue weighted by molar-refractivity contribution is 0.835. The van der Waals surface area contributed by atoms with E-state index >= 15 is 0 Å². The van der Waals surface area contributed by atoms with Gasteiger partial charge in [-0.3, -0.25) is 4.98 Å². The Labute approximate surface area is 149 Å². The first-order chi connectivity index (χ1) is 12.1. The van der Waals surface area contributed by atoms with Crippen LogP contribution in [0.3, 0.4) is 0 Å². The molecule has 3 rings (SSSR count). The van der Waals surface area contributed by atoms with E-state index < -0.39 is 0 Å². The number of nitrogens with zero attached hydrogens (tertiary/aromatic N) is 4. The summed E-state index contributed by atoms with van der Waals surface area (Å²) in [7, 11) is 0.